The summed E-state index contributed by atoms with van der Waals surface area (Å²) in [7, 11) is 1.32. The predicted molar refractivity (Wildman–Crippen MR) is 93.3 cm³/mol. The Hall–Kier alpha value is -2.89. The number of ether oxygens (including phenoxy) is 1. The van der Waals surface area contributed by atoms with Crippen molar-refractivity contribution >= 4 is 23.3 Å². The number of esters is 1. The molecule has 0 radical (unpaired) electrons. The van der Waals surface area contributed by atoms with Gasteiger partial charge in [0.25, 0.3) is 5.91 Å². The zero-order valence-corrected chi connectivity index (χ0v) is 14.0. The molecule has 0 fully saturated rings. The number of methoxy groups -OCH3 is 1. The smallest absolute Gasteiger partial charge is 0.337 e. The minimum absolute atomic E-state index is 0.309. The highest BCUT2D eigenvalue weighted by Crippen LogP contribution is 2.13. The fourth-order valence-corrected chi connectivity index (χ4v) is 1.96. The quantitative estimate of drug-likeness (QED) is 0.797. The summed E-state index contributed by atoms with van der Waals surface area (Å²) in [4.78, 5) is 27.7. The highest BCUT2D eigenvalue weighted by molar-refractivity contribution is 6.03. The van der Waals surface area contributed by atoms with E-state index in [0.717, 1.165) is 12.2 Å². The van der Waals surface area contributed by atoms with Gasteiger partial charge in [0, 0.05) is 12.2 Å². The number of nitrogens with zero attached hydrogens (tertiary/aromatic N) is 1. The Kier molecular flexibility index (Phi) is 5.89. The van der Waals surface area contributed by atoms with Crippen molar-refractivity contribution in [2.75, 3.05) is 24.3 Å². The first-order chi connectivity index (χ1) is 11.5. The van der Waals surface area contributed by atoms with Crippen molar-refractivity contribution in [1.29, 1.82) is 0 Å². The number of amides is 1. The van der Waals surface area contributed by atoms with E-state index in [1.807, 2.05) is 6.07 Å². The summed E-state index contributed by atoms with van der Waals surface area (Å²) >= 11 is 0. The number of hydrogen-bond acceptors (Lipinski definition) is 5. The molecule has 0 bridgehead atoms. The molecular formula is C18H21N3O3. The van der Waals surface area contributed by atoms with Crippen LogP contribution in [-0.4, -0.2) is 30.5 Å². The molecule has 1 aromatic carbocycles. The van der Waals surface area contributed by atoms with Crippen LogP contribution >= 0.6 is 0 Å². The van der Waals surface area contributed by atoms with E-state index < -0.39 is 5.97 Å². The molecule has 2 N–H and O–H groups in total. The SMILES string of the molecule is COC(=O)c1ccc(NC(=O)c2ccc(NCC(C)C)cn2)cc1. The van der Waals surface area contributed by atoms with Gasteiger partial charge >= 0.3 is 5.97 Å². The summed E-state index contributed by atoms with van der Waals surface area (Å²) in [6.07, 6.45) is 1.64. The third kappa shape index (κ3) is 4.81. The van der Waals surface area contributed by atoms with E-state index >= 15 is 0 Å². The van der Waals surface area contributed by atoms with Crippen LogP contribution in [0.25, 0.3) is 0 Å². The van der Waals surface area contributed by atoms with Crippen molar-refractivity contribution in [2.24, 2.45) is 5.92 Å². The van der Waals surface area contributed by atoms with Gasteiger partial charge in [0.05, 0.1) is 24.6 Å². The van der Waals surface area contributed by atoms with E-state index in [1.54, 1.807) is 36.5 Å². The maximum Gasteiger partial charge on any atom is 0.337 e. The second-order valence-corrected chi connectivity index (χ2v) is 5.73. The van der Waals surface area contributed by atoms with Crippen LogP contribution in [0.15, 0.2) is 42.6 Å². The molecular weight excluding hydrogens is 306 g/mol. The standard InChI is InChI=1S/C18H21N3O3/c1-12(2)10-19-15-8-9-16(20-11-15)17(22)21-14-6-4-13(5-7-14)18(23)24-3/h4-9,11-12,19H,10H2,1-3H3,(H,21,22). The average molecular weight is 327 g/mol. The molecule has 1 aromatic heterocycles. The molecule has 0 unspecified atom stereocenters. The van der Waals surface area contributed by atoms with Crippen LogP contribution in [0.4, 0.5) is 11.4 Å². The molecule has 24 heavy (non-hydrogen) atoms. The van der Waals surface area contributed by atoms with E-state index in [4.69, 9.17) is 0 Å². The van der Waals surface area contributed by atoms with Crippen LogP contribution in [0, 0.1) is 5.92 Å². The Labute approximate surface area is 141 Å². The van der Waals surface area contributed by atoms with E-state index in [9.17, 15) is 9.59 Å². The van der Waals surface area contributed by atoms with Gasteiger partial charge in [0.2, 0.25) is 0 Å². The minimum atomic E-state index is -0.418. The maximum atomic E-state index is 12.2. The molecule has 126 valence electrons. The summed E-state index contributed by atoms with van der Waals surface area (Å²) in [6, 6.07) is 9.96. The Morgan fingerprint density at radius 3 is 2.29 bits per heavy atom. The monoisotopic (exact) mass is 327 g/mol. The summed E-state index contributed by atoms with van der Waals surface area (Å²) < 4.78 is 4.63. The zero-order valence-electron chi connectivity index (χ0n) is 14.0. The van der Waals surface area contributed by atoms with E-state index in [0.29, 0.717) is 22.9 Å². The van der Waals surface area contributed by atoms with Gasteiger partial charge in [-0.05, 0) is 42.3 Å². The molecule has 0 aliphatic rings. The highest BCUT2D eigenvalue weighted by atomic mass is 16.5. The zero-order chi connectivity index (χ0) is 17.5. The van der Waals surface area contributed by atoms with E-state index in [2.05, 4.69) is 34.2 Å². The van der Waals surface area contributed by atoms with Gasteiger partial charge in [-0.25, -0.2) is 9.78 Å². The largest absolute Gasteiger partial charge is 0.465 e. The van der Waals surface area contributed by atoms with Crippen LogP contribution in [0.1, 0.15) is 34.7 Å². The molecule has 6 heteroatoms. The van der Waals surface area contributed by atoms with Gasteiger partial charge in [0.15, 0.2) is 0 Å². The molecule has 0 saturated carbocycles. The Balaban J connectivity index is 1.97. The molecule has 1 heterocycles. The summed E-state index contributed by atoms with van der Waals surface area (Å²) in [6.45, 7) is 5.08. The van der Waals surface area contributed by atoms with Crippen molar-refractivity contribution in [3.63, 3.8) is 0 Å². The van der Waals surface area contributed by atoms with Crippen LogP contribution in [-0.2, 0) is 4.74 Å². The number of carbonyl (C=O) groups excluding carboxylic acids is 2. The third-order valence-corrected chi connectivity index (χ3v) is 3.27. The second-order valence-electron chi connectivity index (χ2n) is 5.73. The fourth-order valence-electron chi connectivity index (χ4n) is 1.96. The lowest BCUT2D eigenvalue weighted by molar-refractivity contribution is 0.0600. The van der Waals surface area contributed by atoms with Crippen molar-refractivity contribution in [3.8, 4) is 0 Å². The summed E-state index contributed by atoms with van der Waals surface area (Å²) in [5.74, 6) is -0.198. The number of hydrogen-bond donors (Lipinski definition) is 2. The molecule has 0 saturated heterocycles. The first-order valence-electron chi connectivity index (χ1n) is 7.69. The normalized spacial score (nSPS) is 10.3. The van der Waals surface area contributed by atoms with Crippen LogP contribution < -0.4 is 10.6 Å². The predicted octanol–water partition coefficient (Wildman–Crippen LogP) is 3.19. The fraction of sp³-hybridized carbons (Fsp3) is 0.278. The molecule has 1 amide bonds. The Morgan fingerprint density at radius 1 is 1.08 bits per heavy atom. The van der Waals surface area contributed by atoms with Gasteiger partial charge in [-0.2, -0.15) is 0 Å². The van der Waals surface area contributed by atoms with Crippen LogP contribution in [0.5, 0.6) is 0 Å². The lowest BCUT2D eigenvalue weighted by atomic mass is 10.2. The van der Waals surface area contributed by atoms with Crippen LogP contribution in [0.3, 0.4) is 0 Å². The van der Waals surface area contributed by atoms with Crippen LogP contribution in [0.2, 0.25) is 0 Å². The van der Waals surface area contributed by atoms with Gasteiger partial charge in [-0.3, -0.25) is 4.79 Å². The van der Waals surface area contributed by atoms with Crippen molar-refractivity contribution in [2.45, 2.75) is 13.8 Å². The maximum absolute atomic E-state index is 12.2. The van der Waals surface area contributed by atoms with Gasteiger partial charge < -0.3 is 15.4 Å². The van der Waals surface area contributed by atoms with Gasteiger partial charge in [-0.1, -0.05) is 13.8 Å². The average Bonchev–Trinajstić information content (AvgIpc) is 2.60. The topological polar surface area (TPSA) is 80.3 Å². The van der Waals surface area contributed by atoms with E-state index in [1.165, 1.54) is 7.11 Å². The number of carbonyl (C=O) groups is 2. The summed E-state index contributed by atoms with van der Waals surface area (Å²) in [5.41, 5.74) is 2.20. The third-order valence-electron chi connectivity index (χ3n) is 3.27. The second kappa shape index (κ2) is 8.10. The molecule has 0 atom stereocenters. The molecule has 2 rings (SSSR count). The number of rotatable bonds is 6. The first kappa shape index (κ1) is 17.5. The lowest BCUT2D eigenvalue weighted by Gasteiger charge is -2.09. The summed E-state index contributed by atoms with van der Waals surface area (Å²) in [5, 5.41) is 5.98. The molecule has 0 aliphatic carbocycles. The first-order valence-corrected chi connectivity index (χ1v) is 7.69. The highest BCUT2D eigenvalue weighted by Gasteiger charge is 2.09. The Bertz CT molecular complexity index is 694. The minimum Gasteiger partial charge on any atom is -0.465 e. The molecule has 6 nitrogen and oxygen atoms in total. The van der Waals surface area contributed by atoms with Crippen molar-refractivity contribution in [1.82, 2.24) is 4.98 Å². The molecule has 0 aliphatic heterocycles. The van der Waals surface area contributed by atoms with Crippen molar-refractivity contribution < 1.29 is 14.3 Å². The number of aromatic nitrogens is 1. The lowest BCUT2D eigenvalue weighted by Crippen LogP contribution is -2.14. The van der Waals surface area contributed by atoms with Gasteiger partial charge in [0.1, 0.15) is 5.69 Å². The van der Waals surface area contributed by atoms with Gasteiger partial charge in [-0.15, -0.1) is 0 Å². The molecule has 2 aromatic rings. The van der Waals surface area contributed by atoms with Crippen molar-refractivity contribution in [3.05, 3.63) is 53.9 Å². The number of pyridine rings is 1. The number of nitrogens with one attached hydrogen (secondary N) is 2. The number of anilines is 2. The molecule has 0 spiro atoms. The number of benzene rings is 1. The van der Waals surface area contributed by atoms with E-state index in [-0.39, 0.29) is 5.91 Å². The Morgan fingerprint density at radius 2 is 1.75 bits per heavy atom.